The predicted octanol–water partition coefficient (Wildman–Crippen LogP) is -0.249. The molecule has 0 saturated carbocycles. The molecule has 2 rings (SSSR count). The quantitative estimate of drug-likeness (QED) is 0.701. The van der Waals surface area contributed by atoms with Crippen molar-refractivity contribution in [3.05, 3.63) is 24.0 Å². The molecule has 1 aliphatic heterocycles. The fourth-order valence-corrected chi connectivity index (χ4v) is 1.71. The van der Waals surface area contributed by atoms with Crippen LogP contribution in [0.1, 0.15) is 17.4 Å². The first-order valence-corrected chi connectivity index (χ1v) is 4.71. The predicted molar refractivity (Wildman–Crippen MR) is 55.6 cm³/mol. The molecular formula is C10H13N3O2. The lowest BCUT2D eigenvalue weighted by atomic mass is 9.96. The highest BCUT2D eigenvalue weighted by atomic mass is 16.3. The van der Waals surface area contributed by atoms with Gasteiger partial charge in [-0.05, 0) is 19.1 Å². The van der Waals surface area contributed by atoms with E-state index < -0.39 is 11.5 Å². The number of primary amides is 1. The molecule has 5 nitrogen and oxygen atoms in total. The first-order valence-electron chi connectivity index (χ1n) is 4.71. The third-order valence-electron chi connectivity index (χ3n) is 2.42. The number of hydrogen-bond acceptors (Lipinski definition) is 4. The van der Waals surface area contributed by atoms with Gasteiger partial charge in [0.1, 0.15) is 5.69 Å². The third kappa shape index (κ3) is 1.92. The number of amides is 1. The Morgan fingerprint density at radius 1 is 1.67 bits per heavy atom. The molecule has 0 unspecified atom stereocenters. The van der Waals surface area contributed by atoms with Gasteiger partial charge in [-0.1, -0.05) is 0 Å². The van der Waals surface area contributed by atoms with Crippen molar-refractivity contribution >= 4 is 11.6 Å². The highest BCUT2D eigenvalue weighted by molar-refractivity contribution is 5.91. The van der Waals surface area contributed by atoms with E-state index in [-0.39, 0.29) is 5.69 Å². The number of aromatic nitrogens is 1. The van der Waals surface area contributed by atoms with Crippen molar-refractivity contribution in [1.29, 1.82) is 0 Å². The van der Waals surface area contributed by atoms with Crippen LogP contribution in [-0.2, 0) is 0 Å². The maximum absolute atomic E-state index is 10.9. The van der Waals surface area contributed by atoms with Crippen molar-refractivity contribution in [2.75, 3.05) is 18.0 Å². The second kappa shape index (κ2) is 3.20. The largest absolute Gasteiger partial charge is 0.386 e. The molecule has 1 fully saturated rings. The van der Waals surface area contributed by atoms with E-state index in [4.69, 9.17) is 5.73 Å². The first kappa shape index (κ1) is 9.92. The number of aliphatic hydroxyl groups is 1. The van der Waals surface area contributed by atoms with Crippen molar-refractivity contribution in [3.8, 4) is 0 Å². The first-order chi connectivity index (χ1) is 6.98. The van der Waals surface area contributed by atoms with E-state index in [1.807, 2.05) is 4.90 Å². The number of pyridine rings is 1. The molecule has 3 N–H and O–H groups in total. The van der Waals surface area contributed by atoms with Gasteiger partial charge < -0.3 is 15.7 Å². The molecule has 2 heterocycles. The summed E-state index contributed by atoms with van der Waals surface area (Å²) < 4.78 is 0. The summed E-state index contributed by atoms with van der Waals surface area (Å²) in [6.07, 6.45) is 1.54. The van der Waals surface area contributed by atoms with E-state index in [0.717, 1.165) is 5.69 Å². The van der Waals surface area contributed by atoms with Gasteiger partial charge in [0.15, 0.2) is 0 Å². The average molecular weight is 207 g/mol. The van der Waals surface area contributed by atoms with Crippen molar-refractivity contribution in [3.63, 3.8) is 0 Å². The summed E-state index contributed by atoms with van der Waals surface area (Å²) in [5, 5.41) is 9.57. The Morgan fingerprint density at radius 3 is 2.87 bits per heavy atom. The van der Waals surface area contributed by atoms with Crippen LogP contribution in [0.5, 0.6) is 0 Å². The Balaban J connectivity index is 2.17. The summed E-state index contributed by atoms with van der Waals surface area (Å²) in [7, 11) is 0. The minimum atomic E-state index is -0.629. The minimum Gasteiger partial charge on any atom is -0.386 e. The Bertz CT molecular complexity index is 395. The summed E-state index contributed by atoms with van der Waals surface area (Å²) in [6, 6.07) is 3.43. The topological polar surface area (TPSA) is 79.4 Å². The fourth-order valence-electron chi connectivity index (χ4n) is 1.71. The minimum absolute atomic E-state index is 0.249. The van der Waals surface area contributed by atoms with Crippen LogP contribution in [0.3, 0.4) is 0 Å². The fraction of sp³-hybridized carbons (Fsp3) is 0.400. The standard InChI is InChI=1S/C10H13N3O2/c1-10(15)5-13(6-10)7-2-3-12-8(4-7)9(11)14/h2-4,15H,5-6H2,1H3,(H2,11,14). The van der Waals surface area contributed by atoms with Crippen LogP contribution in [0.4, 0.5) is 5.69 Å². The summed E-state index contributed by atoms with van der Waals surface area (Å²) in [5.41, 5.74) is 5.61. The van der Waals surface area contributed by atoms with Crippen molar-refractivity contribution in [1.82, 2.24) is 4.98 Å². The molecular weight excluding hydrogens is 194 g/mol. The maximum Gasteiger partial charge on any atom is 0.267 e. The monoisotopic (exact) mass is 207 g/mol. The number of rotatable bonds is 2. The van der Waals surface area contributed by atoms with E-state index in [1.54, 1.807) is 25.3 Å². The van der Waals surface area contributed by atoms with Gasteiger partial charge in [-0.15, -0.1) is 0 Å². The molecule has 5 heteroatoms. The second-order valence-electron chi connectivity index (χ2n) is 4.12. The summed E-state index contributed by atoms with van der Waals surface area (Å²) >= 11 is 0. The number of carbonyl (C=O) groups is 1. The molecule has 1 aromatic heterocycles. The number of hydrogen-bond donors (Lipinski definition) is 2. The Hall–Kier alpha value is -1.62. The van der Waals surface area contributed by atoms with Crippen LogP contribution in [0.25, 0.3) is 0 Å². The number of carbonyl (C=O) groups excluding carboxylic acids is 1. The van der Waals surface area contributed by atoms with Gasteiger partial charge in [-0.25, -0.2) is 0 Å². The molecule has 1 saturated heterocycles. The van der Waals surface area contributed by atoms with Gasteiger partial charge in [0.05, 0.1) is 5.60 Å². The van der Waals surface area contributed by atoms with Crippen LogP contribution >= 0.6 is 0 Å². The van der Waals surface area contributed by atoms with Crippen LogP contribution < -0.4 is 10.6 Å². The Labute approximate surface area is 87.5 Å². The Kier molecular flexibility index (Phi) is 2.12. The maximum atomic E-state index is 10.9. The zero-order valence-electron chi connectivity index (χ0n) is 8.47. The van der Waals surface area contributed by atoms with Gasteiger partial charge in [-0.3, -0.25) is 9.78 Å². The molecule has 1 aliphatic rings. The number of nitrogens with zero attached hydrogens (tertiary/aromatic N) is 2. The van der Waals surface area contributed by atoms with Gasteiger partial charge >= 0.3 is 0 Å². The molecule has 0 aliphatic carbocycles. The van der Waals surface area contributed by atoms with Crippen LogP contribution in [0.15, 0.2) is 18.3 Å². The smallest absolute Gasteiger partial charge is 0.267 e. The van der Waals surface area contributed by atoms with Gasteiger partial charge in [0.25, 0.3) is 5.91 Å². The second-order valence-corrected chi connectivity index (χ2v) is 4.12. The highest BCUT2D eigenvalue weighted by Crippen LogP contribution is 2.26. The average Bonchev–Trinajstić information content (AvgIpc) is 2.14. The molecule has 0 aromatic carbocycles. The SMILES string of the molecule is CC1(O)CN(c2ccnc(C(N)=O)c2)C1. The molecule has 1 amide bonds. The summed E-state index contributed by atoms with van der Waals surface area (Å²) in [5.74, 6) is -0.538. The zero-order chi connectivity index (χ0) is 11.1. The van der Waals surface area contributed by atoms with Crippen molar-refractivity contribution in [2.45, 2.75) is 12.5 Å². The Morgan fingerprint density at radius 2 is 2.33 bits per heavy atom. The summed E-state index contributed by atoms with van der Waals surface area (Å²) in [6.45, 7) is 2.91. The molecule has 0 bridgehead atoms. The lowest BCUT2D eigenvalue weighted by Gasteiger charge is -2.45. The number of β-amino-alcohol motifs (C(OH)–C–C–N with tert-alkyl or cyclic N) is 1. The van der Waals surface area contributed by atoms with E-state index in [9.17, 15) is 9.90 Å². The van der Waals surface area contributed by atoms with Gasteiger partial charge in [-0.2, -0.15) is 0 Å². The van der Waals surface area contributed by atoms with E-state index in [2.05, 4.69) is 4.98 Å². The number of nitrogens with two attached hydrogens (primary N) is 1. The molecule has 1 aromatic rings. The molecule has 0 spiro atoms. The summed E-state index contributed by atoms with van der Waals surface area (Å²) in [4.78, 5) is 16.7. The molecule has 15 heavy (non-hydrogen) atoms. The van der Waals surface area contributed by atoms with E-state index >= 15 is 0 Å². The molecule has 0 radical (unpaired) electrons. The number of anilines is 1. The van der Waals surface area contributed by atoms with Gasteiger partial charge in [0.2, 0.25) is 0 Å². The van der Waals surface area contributed by atoms with Crippen LogP contribution in [-0.4, -0.2) is 34.7 Å². The third-order valence-corrected chi connectivity index (χ3v) is 2.42. The van der Waals surface area contributed by atoms with E-state index in [1.165, 1.54) is 0 Å². The molecule has 80 valence electrons. The molecule has 0 atom stereocenters. The van der Waals surface area contributed by atoms with Gasteiger partial charge in [0, 0.05) is 25.0 Å². The lowest BCUT2D eigenvalue weighted by Crippen LogP contribution is -2.60. The van der Waals surface area contributed by atoms with E-state index in [0.29, 0.717) is 13.1 Å². The zero-order valence-corrected chi connectivity index (χ0v) is 8.47. The lowest BCUT2D eigenvalue weighted by molar-refractivity contribution is 0.0310. The van der Waals surface area contributed by atoms with Crippen molar-refractivity contribution in [2.24, 2.45) is 5.73 Å². The van der Waals surface area contributed by atoms with Crippen LogP contribution in [0.2, 0.25) is 0 Å². The van der Waals surface area contributed by atoms with Crippen molar-refractivity contribution < 1.29 is 9.90 Å². The normalized spacial score (nSPS) is 18.4. The van der Waals surface area contributed by atoms with Crippen LogP contribution in [0, 0.1) is 0 Å². The highest BCUT2D eigenvalue weighted by Gasteiger charge is 2.36.